The molecule has 0 unspecified atom stereocenters. The monoisotopic (exact) mass is 369 g/mol. The molecular weight excluding hydrogens is 354 g/mol. The minimum Gasteiger partial charge on any atom is -0.497 e. The smallest absolute Gasteiger partial charge is 0.294 e. The molecule has 2 aromatic rings. The summed E-state index contributed by atoms with van der Waals surface area (Å²) in [6, 6.07) is 10.2. The quantitative estimate of drug-likeness (QED) is 0.816. The van der Waals surface area contributed by atoms with Crippen LogP contribution >= 0.6 is 11.8 Å². The van der Waals surface area contributed by atoms with Gasteiger partial charge in [0.25, 0.3) is 11.1 Å². The molecule has 0 aliphatic carbocycles. The Hall–Kier alpha value is -3.13. The molecule has 8 heteroatoms. The first-order valence-electron chi connectivity index (χ1n) is 7.66. The number of methoxy groups -OCH3 is 1. The van der Waals surface area contributed by atoms with Crippen molar-refractivity contribution in [2.24, 2.45) is 0 Å². The SMILES string of the molecule is COc1ccc(NC(=O)CN2C(=O)S/C(=C/c3ccncc3)C2=O)cc1. The van der Waals surface area contributed by atoms with E-state index in [1.54, 1.807) is 62.0 Å². The molecule has 1 aromatic carbocycles. The standard InChI is InChI=1S/C18H15N3O4S/c1-25-14-4-2-13(3-5-14)20-16(22)11-21-17(23)15(26-18(21)24)10-12-6-8-19-9-7-12/h2-10H,11H2,1H3,(H,20,22)/b15-10+. The van der Waals surface area contributed by atoms with Crippen molar-refractivity contribution in [3.05, 3.63) is 59.3 Å². The summed E-state index contributed by atoms with van der Waals surface area (Å²) in [5.74, 6) is -0.278. The van der Waals surface area contributed by atoms with Crippen LogP contribution in [-0.4, -0.2) is 40.6 Å². The number of thioether (sulfide) groups is 1. The maximum Gasteiger partial charge on any atom is 0.294 e. The number of amides is 3. The van der Waals surface area contributed by atoms with E-state index in [4.69, 9.17) is 4.74 Å². The number of carbonyl (C=O) groups excluding carboxylic acids is 3. The Morgan fingerprint density at radius 2 is 1.88 bits per heavy atom. The van der Waals surface area contributed by atoms with Crippen molar-refractivity contribution in [1.29, 1.82) is 0 Å². The highest BCUT2D eigenvalue weighted by molar-refractivity contribution is 8.18. The molecule has 3 rings (SSSR count). The molecular formula is C18H15N3O4S. The van der Waals surface area contributed by atoms with Gasteiger partial charge in [0.2, 0.25) is 5.91 Å². The van der Waals surface area contributed by atoms with E-state index in [0.717, 1.165) is 22.2 Å². The maximum atomic E-state index is 12.4. The Morgan fingerprint density at radius 3 is 2.54 bits per heavy atom. The van der Waals surface area contributed by atoms with Gasteiger partial charge in [0.1, 0.15) is 12.3 Å². The second-order valence-electron chi connectivity index (χ2n) is 5.33. The fraction of sp³-hybridized carbons (Fsp3) is 0.111. The number of carbonyl (C=O) groups is 3. The van der Waals surface area contributed by atoms with Crippen LogP contribution in [0.1, 0.15) is 5.56 Å². The summed E-state index contributed by atoms with van der Waals surface area (Å²) < 4.78 is 5.05. The molecule has 26 heavy (non-hydrogen) atoms. The molecule has 1 aliphatic heterocycles. The summed E-state index contributed by atoms with van der Waals surface area (Å²) in [4.78, 5) is 41.7. The van der Waals surface area contributed by atoms with Gasteiger partial charge in [0, 0.05) is 18.1 Å². The van der Waals surface area contributed by atoms with Gasteiger partial charge in [-0.1, -0.05) is 0 Å². The van der Waals surface area contributed by atoms with Crippen LogP contribution in [0, 0.1) is 0 Å². The van der Waals surface area contributed by atoms with Crippen molar-refractivity contribution in [3.63, 3.8) is 0 Å². The van der Waals surface area contributed by atoms with Gasteiger partial charge in [-0.3, -0.25) is 24.3 Å². The topological polar surface area (TPSA) is 88.6 Å². The first-order valence-corrected chi connectivity index (χ1v) is 8.48. The molecule has 3 amide bonds. The van der Waals surface area contributed by atoms with Crippen LogP contribution in [0.15, 0.2) is 53.7 Å². The zero-order valence-corrected chi connectivity index (χ0v) is 14.7. The van der Waals surface area contributed by atoms with Crippen molar-refractivity contribution in [1.82, 2.24) is 9.88 Å². The van der Waals surface area contributed by atoms with Gasteiger partial charge in [-0.15, -0.1) is 0 Å². The van der Waals surface area contributed by atoms with Crippen LogP contribution in [0.5, 0.6) is 5.75 Å². The third-order valence-electron chi connectivity index (χ3n) is 3.55. The number of ether oxygens (including phenoxy) is 1. The number of nitrogens with zero attached hydrogens (tertiary/aromatic N) is 2. The van der Waals surface area contributed by atoms with E-state index in [1.807, 2.05) is 0 Å². The molecule has 0 spiro atoms. The van der Waals surface area contributed by atoms with E-state index in [9.17, 15) is 14.4 Å². The molecule has 1 aromatic heterocycles. The van der Waals surface area contributed by atoms with Crippen molar-refractivity contribution in [2.45, 2.75) is 0 Å². The van der Waals surface area contributed by atoms with Crippen molar-refractivity contribution in [3.8, 4) is 5.75 Å². The van der Waals surface area contributed by atoms with Gasteiger partial charge in [0.15, 0.2) is 0 Å². The predicted molar refractivity (Wildman–Crippen MR) is 98.5 cm³/mol. The summed E-state index contributed by atoms with van der Waals surface area (Å²) in [7, 11) is 1.55. The van der Waals surface area contributed by atoms with Gasteiger partial charge in [-0.05, 0) is 59.8 Å². The Kier molecular flexibility index (Phi) is 5.33. The molecule has 2 heterocycles. The molecule has 1 aliphatic rings. The lowest BCUT2D eigenvalue weighted by Gasteiger charge is -2.12. The highest BCUT2D eigenvalue weighted by atomic mass is 32.2. The van der Waals surface area contributed by atoms with Gasteiger partial charge in [-0.2, -0.15) is 0 Å². The predicted octanol–water partition coefficient (Wildman–Crippen LogP) is 2.77. The normalized spacial score (nSPS) is 15.4. The number of nitrogens with one attached hydrogen (secondary N) is 1. The summed E-state index contributed by atoms with van der Waals surface area (Å²) in [5, 5.41) is 2.18. The molecule has 0 atom stereocenters. The Morgan fingerprint density at radius 1 is 1.19 bits per heavy atom. The van der Waals surface area contributed by atoms with E-state index in [2.05, 4.69) is 10.3 Å². The lowest BCUT2D eigenvalue weighted by molar-refractivity contribution is -0.127. The van der Waals surface area contributed by atoms with E-state index >= 15 is 0 Å². The number of pyridine rings is 1. The Balaban J connectivity index is 1.65. The fourth-order valence-electron chi connectivity index (χ4n) is 2.27. The zero-order chi connectivity index (χ0) is 18.5. The number of benzene rings is 1. The van der Waals surface area contributed by atoms with Gasteiger partial charge >= 0.3 is 0 Å². The van der Waals surface area contributed by atoms with Crippen LogP contribution in [0.2, 0.25) is 0 Å². The Labute approximate surface area is 154 Å². The Bertz CT molecular complexity index is 866. The molecule has 1 N–H and O–H groups in total. The van der Waals surface area contributed by atoms with Gasteiger partial charge < -0.3 is 10.1 Å². The zero-order valence-electron chi connectivity index (χ0n) is 13.8. The van der Waals surface area contributed by atoms with E-state index in [0.29, 0.717) is 11.4 Å². The first-order chi connectivity index (χ1) is 12.6. The van der Waals surface area contributed by atoms with Crippen LogP contribution in [0.3, 0.4) is 0 Å². The van der Waals surface area contributed by atoms with Gasteiger partial charge in [0.05, 0.1) is 12.0 Å². The van der Waals surface area contributed by atoms with Crippen LogP contribution < -0.4 is 10.1 Å². The van der Waals surface area contributed by atoms with E-state index in [-0.39, 0.29) is 11.4 Å². The lowest BCUT2D eigenvalue weighted by atomic mass is 10.2. The number of hydrogen-bond acceptors (Lipinski definition) is 6. The number of rotatable bonds is 5. The highest BCUT2D eigenvalue weighted by Gasteiger charge is 2.36. The minimum absolute atomic E-state index is 0.276. The van der Waals surface area contributed by atoms with Crippen LogP contribution in [0.4, 0.5) is 10.5 Å². The number of imide groups is 1. The summed E-state index contributed by atoms with van der Waals surface area (Å²) in [6.07, 6.45) is 4.80. The molecule has 0 bridgehead atoms. The molecule has 0 saturated carbocycles. The summed E-state index contributed by atoms with van der Waals surface area (Å²) in [5.41, 5.74) is 1.31. The van der Waals surface area contributed by atoms with Crippen molar-refractivity contribution in [2.75, 3.05) is 19.0 Å². The fourth-order valence-corrected chi connectivity index (χ4v) is 3.10. The third kappa shape index (κ3) is 4.09. The molecule has 1 fully saturated rings. The second kappa shape index (κ2) is 7.83. The highest BCUT2D eigenvalue weighted by Crippen LogP contribution is 2.32. The molecule has 0 radical (unpaired) electrons. The average molecular weight is 369 g/mol. The lowest BCUT2D eigenvalue weighted by Crippen LogP contribution is -2.36. The largest absolute Gasteiger partial charge is 0.497 e. The van der Waals surface area contributed by atoms with Crippen LogP contribution in [0.25, 0.3) is 6.08 Å². The van der Waals surface area contributed by atoms with Crippen molar-refractivity contribution < 1.29 is 19.1 Å². The van der Waals surface area contributed by atoms with Crippen LogP contribution in [-0.2, 0) is 9.59 Å². The summed E-state index contributed by atoms with van der Waals surface area (Å²) in [6.45, 7) is -0.343. The molecule has 1 saturated heterocycles. The number of anilines is 1. The molecule has 7 nitrogen and oxygen atoms in total. The molecule has 132 valence electrons. The van der Waals surface area contributed by atoms with E-state index in [1.165, 1.54) is 0 Å². The average Bonchev–Trinajstić information content (AvgIpc) is 2.90. The van der Waals surface area contributed by atoms with Crippen molar-refractivity contribution >= 4 is 40.6 Å². The third-order valence-corrected chi connectivity index (χ3v) is 4.46. The van der Waals surface area contributed by atoms with E-state index < -0.39 is 17.1 Å². The summed E-state index contributed by atoms with van der Waals surface area (Å²) >= 11 is 0.811. The first kappa shape index (κ1) is 17.7. The number of aromatic nitrogens is 1. The number of hydrogen-bond donors (Lipinski definition) is 1. The maximum absolute atomic E-state index is 12.4. The minimum atomic E-state index is -0.485. The second-order valence-corrected chi connectivity index (χ2v) is 6.32. The van der Waals surface area contributed by atoms with Gasteiger partial charge in [-0.25, -0.2) is 0 Å².